The summed E-state index contributed by atoms with van der Waals surface area (Å²) < 4.78 is 0. The van der Waals surface area contributed by atoms with Gasteiger partial charge in [-0.2, -0.15) is 0 Å². The predicted molar refractivity (Wildman–Crippen MR) is 58.4 cm³/mol. The molecule has 82 valence electrons. The summed E-state index contributed by atoms with van der Waals surface area (Å²) in [6, 6.07) is 0.450. The van der Waals surface area contributed by atoms with Gasteiger partial charge in [0, 0.05) is 17.1 Å². The van der Waals surface area contributed by atoms with Crippen LogP contribution in [0.15, 0.2) is 0 Å². The summed E-state index contributed by atoms with van der Waals surface area (Å²) >= 11 is 0. The van der Waals surface area contributed by atoms with Crippen molar-refractivity contribution in [2.45, 2.75) is 57.7 Å². The van der Waals surface area contributed by atoms with Crippen LogP contribution in [0, 0.1) is 0 Å². The van der Waals surface area contributed by atoms with Gasteiger partial charge in [-0.25, -0.2) is 0 Å². The van der Waals surface area contributed by atoms with Crippen LogP contribution in [-0.2, 0) is 4.79 Å². The van der Waals surface area contributed by atoms with E-state index >= 15 is 0 Å². The lowest BCUT2D eigenvalue weighted by Gasteiger charge is -2.46. The zero-order chi connectivity index (χ0) is 10.8. The van der Waals surface area contributed by atoms with E-state index in [1.807, 2.05) is 0 Å². The molecule has 1 rings (SSSR count). The minimum absolute atomic E-state index is 0.155. The zero-order valence-corrected chi connectivity index (χ0v) is 9.68. The first-order valence-electron chi connectivity index (χ1n) is 5.31. The monoisotopic (exact) mass is 198 g/mol. The molecule has 0 unspecified atom stereocenters. The van der Waals surface area contributed by atoms with Gasteiger partial charge in [-0.15, -0.1) is 0 Å². The number of hydrogen-bond acceptors (Lipinski definition) is 3. The highest BCUT2D eigenvalue weighted by atomic mass is 16.1. The number of piperidine rings is 1. The first-order chi connectivity index (χ1) is 6.35. The minimum Gasteiger partial charge on any atom is -0.307 e. The normalized spacial score (nSPS) is 26.0. The Morgan fingerprint density at radius 1 is 1.29 bits per heavy atom. The average Bonchev–Trinajstić information content (AvgIpc) is 1.94. The number of rotatable bonds is 3. The van der Waals surface area contributed by atoms with E-state index in [4.69, 9.17) is 0 Å². The molecule has 1 saturated heterocycles. The smallest absolute Gasteiger partial charge is 0.133 e. The Hall–Kier alpha value is -0.410. The summed E-state index contributed by atoms with van der Waals surface area (Å²) in [6.07, 6.45) is 3.08. The maximum absolute atomic E-state index is 10.3. The summed E-state index contributed by atoms with van der Waals surface area (Å²) in [4.78, 5) is 10.3. The Labute approximate surface area is 86.6 Å². The quantitative estimate of drug-likeness (QED) is 0.667. The molecule has 1 aliphatic heterocycles. The molecule has 0 amide bonds. The summed E-state index contributed by atoms with van der Waals surface area (Å²) in [5.74, 6) is 0. The Balaban J connectivity index is 2.57. The first kappa shape index (κ1) is 11.7. The molecule has 1 fully saturated rings. The molecule has 2 N–H and O–H groups in total. The Kier molecular flexibility index (Phi) is 3.32. The van der Waals surface area contributed by atoms with Crippen LogP contribution in [0.5, 0.6) is 0 Å². The van der Waals surface area contributed by atoms with E-state index < -0.39 is 0 Å². The summed E-state index contributed by atoms with van der Waals surface area (Å²) in [5.41, 5.74) is 0.310. The average molecular weight is 198 g/mol. The molecule has 0 radical (unpaired) electrons. The molecule has 0 aromatic heterocycles. The van der Waals surface area contributed by atoms with Crippen LogP contribution in [0.1, 0.15) is 40.5 Å². The van der Waals surface area contributed by atoms with Crippen LogP contribution in [0.2, 0.25) is 0 Å². The standard InChI is InChI=1S/C11H22N2O/c1-10(2)7-9(12-5-6-14)8-11(3,4)13-10/h6,9,12-13H,5,7-8H2,1-4H3. The summed E-state index contributed by atoms with van der Waals surface area (Å²) in [7, 11) is 0. The highest BCUT2D eigenvalue weighted by Crippen LogP contribution is 2.28. The fourth-order valence-corrected chi connectivity index (χ4v) is 2.68. The Bertz CT molecular complexity index is 195. The number of carbonyl (C=O) groups is 1. The van der Waals surface area contributed by atoms with Crippen LogP contribution in [0.4, 0.5) is 0 Å². The van der Waals surface area contributed by atoms with Crippen LogP contribution in [-0.4, -0.2) is 30.0 Å². The third kappa shape index (κ3) is 3.39. The third-order valence-electron chi connectivity index (χ3n) is 2.68. The van der Waals surface area contributed by atoms with Crippen molar-refractivity contribution in [3.8, 4) is 0 Å². The van der Waals surface area contributed by atoms with Crippen molar-refractivity contribution in [2.75, 3.05) is 6.54 Å². The molecule has 0 aromatic rings. The van der Waals surface area contributed by atoms with Crippen LogP contribution < -0.4 is 10.6 Å². The lowest BCUT2D eigenvalue weighted by atomic mass is 9.79. The number of aldehydes is 1. The van der Waals surface area contributed by atoms with E-state index in [9.17, 15) is 4.79 Å². The van der Waals surface area contributed by atoms with Crippen molar-refractivity contribution >= 4 is 6.29 Å². The lowest BCUT2D eigenvalue weighted by Crippen LogP contribution is -2.61. The van der Waals surface area contributed by atoms with Crippen molar-refractivity contribution in [3.05, 3.63) is 0 Å². The maximum atomic E-state index is 10.3. The van der Waals surface area contributed by atoms with Gasteiger partial charge in [0.1, 0.15) is 6.29 Å². The number of hydrogen-bond donors (Lipinski definition) is 2. The van der Waals surface area contributed by atoms with Crippen LogP contribution in [0.25, 0.3) is 0 Å². The predicted octanol–water partition coefficient (Wildman–Crippen LogP) is 1.08. The van der Waals surface area contributed by atoms with Crippen molar-refractivity contribution < 1.29 is 4.79 Å². The maximum Gasteiger partial charge on any atom is 0.133 e. The van der Waals surface area contributed by atoms with Gasteiger partial charge in [0.25, 0.3) is 0 Å². The highest BCUT2D eigenvalue weighted by Gasteiger charge is 2.37. The molecule has 3 nitrogen and oxygen atoms in total. The van der Waals surface area contributed by atoms with E-state index in [0.717, 1.165) is 19.1 Å². The fourth-order valence-electron chi connectivity index (χ4n) is 2.68. The van der Waals surface area contributed by atoms with Gasteiger partial charge in [0.05, 0.1) is 6.54 Å². The molecule has 0 spiro atoms. The first-order valence-corrected chi connectivity index (χ1v) is 5.31. The van der Waals surface area contributed by atoms with Crippen molar-refractivity contribution in [1.29, 1.82) is 0 Å². The molecule has 0 saturated carbocycles. The molecule has 3 heteroatoms. The second kappa shape index (κ2) is 3.99. The van der Waals surface area contributed by atoms with Gasteiger partial charge >= 0.3 is 0 Å². The SMILES string of the molecule is CC1(C)CC(NCC=O)CC(C)(C)N1. The van der Waals surface area contributed by atoms with Gasteiger partial charge in [0.15, 0.2) is 0 Å². The van der Waals surface area contributed by atoms with E-state index in [2.05, 4.69) is 38.3 Å². The molecular formula is C11H22N2O. The highest BCUT2D eigenvalue weighted by molar-refractivity contribution is 5.51. The summed E-state index contributed by atoms with van der Waals surface area (Å²) in [5, 5.41) is 6.88. The number of nitrogens with one attached hydrogen (secondary N) is 2. The molecule has 1 aliphatic rings. The minimum atomic E-state index is 0.155. The lowest BCUT2D eigenvalue weighted by molar-refractivity contribution is -0.107. The van der Waals surface area contributed by atoms with Gasteiger partial charge in [-0.1, -0.05) is 0 Å². The molecule has 1 heterocycles. The number of carbonyl (C=O) groups excluding carboxylic acids is 1. The molecule has 14 heavy (non-hydrogen) atoms. The Morgan fingerprint density at radius 2 is 1.79 bits per heavy atom. The fraction of sp³-hybridized carbons (Fsp3) is 0.909. The molecular weight excluding hydrogens is 176 g/mol. The molecule has 0 aliphatic carbocycles. The van der Waals surface area contributed by atoms with Gasteiger partial charge < -0.3 is 15.4 Å². The molecule has 0 bridgehead atoms. The largest absolute Gasteiger partial charge is 0.307 e. The van der Waals surface area contributed by atoms with Crippen LogP contribution >= 0.6 is 0 Å². The second-order valence-electron chi connectivity index (χ2n) is 5.57. The zero-order valence-electron chi connectivity index (χ0n) is 9.68. The van der Waals surface area contributed by atoms with E-state index in [1.165, 1.54) is 0 Å². The van der Waals surface area contributed by atoms with Gasteiger partial charge in [-0.3, -0.25) is 0 Å². The van der Waals surface area contributed by atoms with Gasteiger partial charge in [-0.05, 0) is 40.5 Å². The molecule has 0 aromatic carbocycles. The van der Waals surface area contributed by atoms with E-state index in [-0.39, 0.29) is 11.1 Å². The van der Waals surface area contributed by atoms with Crippen molar-refractivity contribution in [3.63, 3.8) is 0 Å². The third-order valence-corrected chi connectivity index (χ3v) is 2.68. The topological polar surface area (TPSA) is 41.1 Å². The van der Waals surface area contributed by atoms with Gasteiger partial charge in [0.2, 0.25) is 0 Å². The molecule has 0 atom stereocenters. The Morgan fingerprint density at radius 3 is 2.21 bits per heavy atom. The van der Waals surface area contributed by atoms with E-state index in [0.29, 0.717) is 12.6 Å². The van der Waals surface area contributed by atoms with Crippen molar-refractivity contribution in [2.24, 2.45) is 0 Å². The van der Waals surface area contributed by atoms with Crippen LogP contribution in [0.3, 0.4) is 0 Å². The van der Waals surface area contributed by atoms with E-state index in [1.54, 1.807) is 0 Å². The van der Waals surface area contributed by atoms with Crippen molar-refractivity contribution in [1.82, 2.24) is 10.6 Å². The summed E-state index contributed by atoms with van der Waals surface area (Å²) in [6.45, 7) is 9.32. The second-order valence-corrected chi connectivity index (χ2v) is 5.57.